The van der Waals surface area contributed by atoms with Crippen molar-refractivity contribution in [3.05, 3.63) is 135 Å². The molecule has 0 aliphatic heterocycles. The molecule has 4 heteroatoms. The minimum absolute atomic E-state index is 0. The Balaban J connectivity index is 0.00000216. The molecule has 0 amide bonds. The minimum atomic E-state index is -2.64. The van der Waals surface area contributed by atoms with Crippen molar-refractivity contribution >= 4 is 33.7 Å². The maximum Gasteiger partial charge on any atom is -1.00 e. The Kier molecular flexibility index (Phi) is 9.47. The number of fused-ring (bicyclic) bond motifs is 6. The first kappa shape index (κ1) is 37.4. The van der Waals surface area contributed by atoms with Crippen LogP contribution >= 0.6 is 0 Å². The van der Waals surface area contributed by atoms with Crippen molar-refractivity contribution in [2.24, 2.45) is 5.92 Å². The van der Waals surface area contributed by atoms with Gasteiger partial charge in [-0.1, -0.05) is 0 Å². The molecule has 4 aromatic carbocycles. The van der Waals surface area contributed by atoms with Crippen LogP contribution in [0.1, 0.15) is 94.3 Å². The fourth-order valence-electron chi connectivity index (χ4n) is 9.97. The molecule has 1 atom stereocenters. The van der Waals surface area contributed by atoms with E-state index in [9.17, 15) is 0 Å². The molecule has 4 aromatic rings. The van der Waals surface area contributed by atoms with Crippen LogP contribution < -0.4 is 24.8 Å². The van der Waals surface area contributed by atoms with Crippen molar-refractivity contribution in [2.45, 2.75) is 92.3 Å². The molecule has 0 saturated carbocycles. The third-order valence-corrected chi connectivity index (χ3v) is 23.0. The summed E-state index contributed by atoms with van der Waals surface area (Å²) in [7, 11) is -1.47. The predicted octanol–water partition coefficient (Wildman–Crippen LogP) is 6.33. The summed E-state index contributed by atoms with van der Waals surface area (Å²) >= 11 is -2.64. The van der Waals surface area contributed by atoms with E-state index in [-0.39, 0.29) is 35.6 Å². The van der Waals surface area contributed by atoms with Crippen LogP contribution in [0.15, 0.2) is 96.2 Å². The zero-order valence-electron chi connectivity index (χ0n) is 31.6. The van der Waals surface area contributed by atoms with Gasteiger partial charge in [-0.2, -0.15) is 0 Å². The van der Waals surface area contributed by atoms with Crippen LogP contribution in [-0.4, -0.2) is 11.8 Å². The molecule has 256 valence electrons. The van der Waals surface area contributed by atoms with Crippen LogP contribution in [0.2, 0.25) is 19.6 Å². The number of hydrogen-bond acceptors (Lipinski definition) is 0. The molecular formula is C46H50Cl2SiZr. The van der Waals surface area contributed by atoms with Crippen molar-refractivity contribution < 1.29 is 46.1 Å². The Morgan fingerprint density at radius 3 is 2.02 bits per heavy atom. The molecule has 0 aromatic heterocycles. The quantitative estimate of drug-likeness (QED) is 0.187. The van der Waals surface area contributed by atoms with Crippen LogP contribution in [0.25, 0.3) is 33.0 Å². The van der Waals surface area contributed by atoms with E-state index in [1.54, 1.807) is 28.5 Å². The normalized spacial score (nSPS) is 19.5. The van der Waals surface area contributed by atoms with Gasteiger partial charge < -0.3 is 24.8 Å². The molecule has 1 unspecified atom stereocenters. The molecule has 8 rings (SSSR count). The minimum Gasteiger partial charge on any atom is -1.00 e. The van der Waals surface area contributed by atoms with E-state index in [1.807, 2.05) is 0 Å². The Hall–Kier alpha value is -2.35. The Morgan fingerprint density at radius 2 is 1.36 bits per heavy atom. The molecule has 4 aliphatic carbocycles. The zero-order valence-corrected chi connectivity index (χ0v) is 36.6. The van der Waals surface area contributed by atoms with Crippen molar-refractivity contribution in [3.63, 3.8) is 0 Å². The smallest absolute Gasteiger partial charge is 1.00 e. The molecule has 0 spiro atoms. The second-order valence-corrected chi connectivity index (χ2v) is 27.6. The van der Waals surface area contributed by atoms with Crippen LogP contribution in [0.5, 0.6) is 0 Å². The van der Waals surface area contributed by atoms with Gasteiger partial charge in [-0.05, 0) is 0 Å². The Bertz CT molecular complexity index is 2280. The van der Waals surface area contributed by atoms with Gasteiger partial charge in [-0.25, -0.2) is 0 Å². The van der Waals surface area contributed by atoms with E-state index in [1.165, 1.54) is 60.9 Å². The van der Waals surface area contributed by atoms with Gasteiger partial charge in [0, 0.05) is 0 Å². The monoisotopic (exact) mass is 790 g/mol. The van der Waals surface area contributed by atoms with Crippen molar-refractivity contribution in [1.29, 1.82) is 0 Å². The summed E-state index contributed by atoms with van der Waals surface area (Å²) in [6.07, 6.45) is 6.17. The van der Waals surface area contributed by atoms with Crippen molar-refractivity contribution in [1.82, 2.24) is 0 Å². The van der Waals surface area contributed by atoms with E-state index < -0.39 is 29.3 Å². The number of benzene rings is 4. The van der Waals surface area contributed by atoms with Gasteiger partial charge in [0.2, 0.25) is 0 Å². The first-order valence-electron chi connectivity index (χ1n) is 18.0. The van der Waals surface area contributed by atoms with Gasteiger partial charge in [0.15, 0.2) is 0 Å². The summed E-state index contributed by atoms with van der Waals surface area (Å²) < 4.78 is 6.41. The standard InChI is InChI=1S/C25H25.C11H8.C10H17Si.2ClH.Zr/c1-14-12-24(3,4)22-8-16-7-17-9-23-19(15(2)13-25(23,5)6)11-21(17)20(16)10-18(14)22;1-9-5-4-7-10-6-2-3-8-11(9)10;1-8-6-9(2)10(7-8)11(3,4)5;;;/h8-12H,7H2,1-6H3;1-8H;7-8H,1-5H3;2*1H;/q;;;;;+2/p-2. The number of halogens is 2. The number of rotatable bonds is 4. The SMILES string of the molecule is CC1=CC(C)(C)c2cc3c(cc21)-c1cc2c(cc1C3)C(C)(C)[C]([Zr+2](=[CH]c1cccc3ccccc13)[C]1=C(C)C([Si](C)(C)C)=CC1C)=C2C.[Cl-].[Cl-]. The maximum atomic E-state index is 2.83. The van der Waals surface area contributed by atoms with Gasteiger partial charge in [0.1, 0.15) is 0 Å². The van der Waals surface area contributed by atoms with Gasteiger partial charge in [0.05, 0.1) is 0 Å². The molecule has 0 nitrogen and oxygen atoms in total. The van der Waals surface area contributed by atoms with Crippen LogP contribution in [0.3, 0.4) is 0 Å². The Labute approximate surface area is 321 Å². The summed E-state index contributed by atoms with van der Waals surface area (Å²) in [5.74, 6) is 0.506. The third-order valence-electron chi connectivity index (χ3n) is 12.1. The second kappa shape index (κ2) is 12.7. The molecule has 50 heavy (non-hydrogen) atoms. The van der Waals surface area contributed by atoms with Crippen LogP contribution in [-0.2, 0) is 38.5 Å². The summed E-state index contributed by atoms with van der Waals surface area (Å²) in [6.45, 7) is 27.2. The first-order valence-corrected chi connectivity index (χ1v) is 25.4. The van der Waals surface area contributed by atoms with Gasteiger partial charge in [-0.15, -0.1) is 0 Å². The topological polar surface area (TPSA) is 0 Å². The summed E-state index contributed by atoms with van der Waals surface area (Å²) in [5, 5.41) is 4.42. The second-order valence-electron chi connectivity index (χ2n) is 17.2. The first-order chi connectivity index (χ1) is 22.6. The van der Waals surface area contributed by atoms with E-state index in [4.69, 9.17) is 0 Å². The van der Waals surface area contributed by atoms with Gasteiger partial charge in [-0.3, -0.25) is 0 Å². The van der Waals surface area contributed by atoms with Gasteiger partial charge in [0.25, 0.3) is 0 Å². The van der Waals surface area contributed by atoms with E-state index in [2.05, 4.69) is 158 Å². The average Bonchev–Trinajstić information content (AvgIpc) is 3.66. The van der Waals surface area contributed by atoms with Crippen molar-refractivity contribution in [2.75, 3.05) is 0 Å². The zero-order chi connectivity index (χ0) is 34.1. The molecule has 0 bridgehead atoms. The predicted molar refractivity (Wildman–Crippen MR) is 209 cm³/mol. The van der Waals surface area contributed by atoms with E-state index >= 15 is 0 Å². The van der Waals surface area contributed by atoms with Crippen LogP contribution in [0.4, 0.5) is 0 Å². The molecule has 0 saturated heterocycles. The number of allylic oxidation sites excluding steroid dienone is 8. The van der Waals surface area contributed by atoms with E-state index in [0.29, 0.717) is 5.92 Å². The van der Waals surface area contributed by atoms with Crippen LogP contribution in [0, 0.1) is 5.92 Å². The summed E-state index contributed by atoms with van der Waals surface area (Å²) in [6, 6.07) is 26.2. The largest absolute Gasteiger partial charge is 1.00 e. The maximum absolute atomic E-state index is 2.83. The molecule has 0 N–H and O–H groups in total. The van der Waals surface area contributed by atoms with E-state index in [0.717, 1.165) is 6.42 Å². The molecule has 0 heterocycles. The van der Waals surface area contributed by atoms with Gasteiger partial charge >= 0.3 is 299 Å². The third kappa shape index (κ3) is 5.59. The van der Waals surface area contributed by atoms with Crippen molar-refractivity contribution in [3.8, 4) is 11.1 Å². The summed E-state index contributed by atoms with van der Waals surface area (Å²) in [4.78, 5) is 0. The number of hydrogen-bond donors (Lipinski definition) is 0. The fraction of sp³-hybridized carbons (Fsp3) is 0.326. The Morgan fingerprint density at radius 1 is 0.740 bits per heavy atom. The molecule has 4 aliphatic rings. The fourth-order valence-corrected chi connectivity index (χ4v) is 21.1. The summed E-state index contributed by atoms with van der Waals surface area (Å²) in [5.41, 5.74) is 18.1. The molecule has 0 radical (unpaired) electrons. The average molecular weight is 793 g/mol. The molecule has 0 fully saturated rings. The molecular weight excluding hydrogens is 743 g/mol.